The van der Waals surface area contributed by atoms with Gasteiger partial charge >= 0.3 is 0 Å². The van der Waals surface area contributed by atoms with E-state index in [0.717, 1.165) is 12.8 Å². The molecule has 1 aromatic carbocycles. The van der Waals surface area contributed by atoms with Gasteiger partial charge in [-0.15, -0.1) is 0 Å². The molecule has 1 saturated heterocycles. The predicted molar refractivity (Wildman–Crippen MR) is 72.4 cm³/mol. The number of nitrogens with one attached hydrogen (secondary N) is 1. The van der Waals surface area contributed by atoms with Crippen molar-refractivity contribution in [3.05, 3.63) is 34.9 Å². The minimum absolute atomic E-state index is 0.1000. The van der Waals surface area contributed by atoms with Gasteiger partial charge in [-0.25, -0.2) is 5.84 Å². The van der Waals surface area contributed by atoms with Gasteiger partial charge in [0.05, 0.1) is 5.92 Å². The molecule has 2 rings (SSSR count). The van der Waals surface area contributed by atoms with Gasteiger partial charge in [0.2, 0.25) is 5.91 Å². The van der Waals surface area contributed by atoms with Crippen LogP contribution in [0.25, 0.3) is 0 Å². The Kier molecular flexibility index (Phi) is 4.39. The van der Waals surface area contributed by atoms with Crippen molar-refractivity contribution in [2.24, 2.45) is 11.8 Å². The highest BCUT2D eigenvalue weighted by Gasteiger charge is 2.28. The number of nitrogens with two attached hydrogens (primary N) is 1. The SMILES string of the molecule is NNC(=O)C1CCCN(C(=O)c2cccc(Cl)c2)C1. The lowest BCUT2D eigenvalue weighted by atomic mass is 9.97. The zero-order valence-electron chi connectivity index (χ0n) is 10.4. The number of piperidine rings is 1. The molecule has 0 aromatic heterocycles. The molecule has 1 aromatic rings. The molecule has 1 fully saturated rings. The van der Waals surface area contributed by atoms with Gasteiger partial charge in [0.25, 0.3) is 5.91 Å². The van der Waals surface area contributed by atoms with Crippen LogP contribution in [-0.4, -0.2) is 29.8 Å². The Bertz CT molecular complexity index is 493. The molecule has 5 nitrogen and oxygen atoms in total. The normalized spacial score (nSPS) is 19.1. The highest BCUT2D eigenvalue weighted by molar-refractivity contribution is 6.30. The van der Waals surface area contributed by atoms with E-state index >= 15 is 0 Å². The summed E-state index contributed by atoms with van der Waals surface area (Å²) in [6.45, 7) is 1.05. The van der Waals surface area contributed by atoms with Crippen molar-refractivity contribution in [3.63, 3.8) is 0 Å². The number of likely N-dealkylation sites (tertiary alicyclic amines) is 1. The Balaban J connectivity index is 2.09. The summed E-state index contributed by atoms with van der Waals surface area (Å²) >= 11 is 5.88. The van der Waals surface area contributed by atoms with Gasteiger partial charge in [0.15, 0.2) is 0 Å². The van der Waals surface area contributed by atoms with E-state index in [1.807, 2.05) is 0 Å². The highest BCUT2D eigenvalue weighted by atomic mass is 35.5. The van der Waals surface area contributed by atoms with Crippen molar-refractivity contribution in [3.8, 4) is 0 Å². The van der Waals surface area contributed by atoms with Crippen LogP contribution in [0.3, 0.4) is 0 Å². The number of hydrazine groups is 1. The number of rotatable bonds is 2. The van der Waals surface area contributed by atoms with Crippen LogP contribution >= 0.6 is 11.6 Å². The van der Waals surface area contributed by atoms with E-state index in [1.54, 1.807) is 29.2 Å². The van der Waals surface area contributed by atoms with Crippen LogP contribution in [0.15, 0.2) is 24.3 Å². The van der Waals surface area contributed by atoms with Crippen LogP contribution in [0.1, 0.15) is 23.2 Å². The molecule has 6 heteroatoms. The van der Waals surface area contributed by atoms with Crippen molar-refractivity contribution in [1.82, 2.24) is 10.3 Å². The molecule has 0 bridgehead atoms. The number of amides is 2. The lowest BCUT2D eigenvalue weighted by Gasteiger charge is -2.31. The average molecular weight is 282 g/mol. The first-order chi connectivity index (χ1) is 9.11. The Morgan fingerprint density at radius 2 is 2.21 bits per heavy atom. The minimum atomic E-state index is -0.234. The maximum Gasteiger partial charge on any atom is 0.253 e. The number of hydrogen-bond donors (Lipinski definition) is 2. The average Bonchev–Trinajstić information content (AvgIpc) is 2.45. The fraction of sp³-hybridized carbons (Fsp3) is 0.385. The second-order valence-corrected chi connectivity index (χ2v) is 5.05. The van der Waals surface area contributed by atoms with E-state index < -0.39 is 0 Å². The first-order valence-electron chi connectivity index (χ1n) is 6.17. The topological polar surface area (TPSA) is 75.4 Å². The largest absolute Gasteiger partial charge is 0.338 e. The molecule has 3 N–H and O–H groups in total. The molecule has 1 aliphatic rings. The molecule has 2 amide bonds. The standard InChI is InChI=1S/C13H16ClN3O2/c14-11-5-1-3-9(7-11)13(19)17-6-2-4-10(8-17)12(18)16-15/h1,3,5,7,10H,2,4,6,8,15H2,(H,16,18). The first-order valence-corrected chi connectivity index (χ1v) is 6.55. The number of nitrogens with zero attached hydrogens (tertiary/aromatic N) is 1. The van der Waals surface area contributed by atoms with Crippen LogP contribution < -0.4 is 11.3 Å². The zero-order chi connectivity index (χ0) is 13.8. The number of halogens is 1. The summed E-state index contributed by atoms with van der Waals surface area (Å²) in [7, 11) is 0. The lowest BCUT2D eigenvalue weighted by Crippen LogP contribution is -2.46. The van der Waals surface area contributed by atoms with Crippen LogP contribution in [0.4, 0.5) is 0 Å². The molecule has 0 spiro atoms. The first kappa shape index (κ1) is 13.8. The molecular weight excluding hydrogens is 266 g/mol. The Hall–Kier alpha value is -1.59. The summed E-state index contributed by atoms with van der Waals surface area (Å²) in [5.74, 6) is 4.58. The summed E-state index contributed by atoms with van der Waals surface area (Å²) in [5, 5.41) is 0.527. The summed E-state index contributed by atoms with van der Waals surface area (Å²) < 4.78 is 0. The third kappa shape index (κ3) is 3.24. The quantitative estimate of drug-likeness (QED) is 0.486. The van der Waals surface area contributed by atoms with E-state index in [1.165, 1.54) is 0 Å². The predicted octanol–water partition coefficient (Wildman–Crippen LogP) is 1.18. The molecule has 0 saturated carbocycles. The number of carbonyl (C=O) groups is 2. The number of benzene rings is 1. The smallest absolute Gasteiger partial charge is 0.253 e. The van der Waals surface area contributed by atoms with Crippen LogP contribution in [0.2, 0.25) is 5.02 Å². The van der Waals surface area contributed by atoms with E-state index in [0.29, 0.717) is 23.7 Å². The highest BCUT2D eigenvalue weighted by Crippen LogP contribution is 2.20. The molecule has 0 aliphatic carbocycles. The Labute approximate surface area is 116 Å². The van der Waals surface area contributed by atoms with Gasteiger partial charge in [0.1, 0.15) is 0 Å². The van der Waals surface area contributed by atoms with Crippen LogP contribution in [0, 0.1) is 5.92 Å². The van der Waals surface area contributed by atoms with Crippen molar-refractivity contribution >= 4 is 23.4 Å². The monoisotopic (exact) mass is 281 g/mol. The van der Waals surface area contributed by atoms with Crippen molar-refractivity contribution in [1.29, 1.82) is 0 Å². The fourth-order valence-electron chi connectivity index (χ4n) is 2.30. The van der Waals surface area contributed by atoms with E-state index in [-0.39, 0.29) is 17.7 Å². The molecule has 19 heavy (non-hydrogen) atoms. The molecule has 1 atom stereocenters. The zero-order valence-corrected chi connectivity index (χ0v) is 11.2. The van der Waals surface area contributed by atoms with Gasteiger partial charge in [-0.05, 0) is 31.0 Å². The van der Waals surface area contributed by atoms with Crippen molar-refractivity contribution < 1.29 is 9.59 Å². The minimum Gasteiger partial charge on any atom is -0.338 e. The van der Waals surface area contributed by atoms with Gasteiger partial charge in [-0.2, -0.15) is 0 Å². The Morgan fingerprint density at radius 1 is 1.42 bits per heavy atom. The van der Waals surface area contributed by atoms with Gasteiger partial charge in [-0.3, -0.25) is 15.0 Å². The van der Waals surface area contributed by atoms with Crippen LogP contribution in [0.5, 0.6) is 0 Å². The molecule has 1 unspecified atom stereocenters. The van der Waals surface area contributed by atoms with Gasteiger partial charge in [-0.1, -0.05) is 17.7 Å². The Morgan fingerprint density at radius 3 is 2.89 bits per heavy atom. The summed E-state index contributed by atoms with van der Waals surface area (Å²) in [5.41, 5.74) is 2.69. The second-order valence-electron chi connectivity index (χ2n) is 4.61. The molecule has 0 radical (unpaired) electrons. The number of carbonyl (C=O) groups excluding carboxylic acids is 2. The fourth-order valence-corrected chi connectivity index (χ4v) is 2.49. The summed E-state index contributed by atoms with van der Waals surface area (Å²) in [6, 6.07) is 6.82. The summed E-state index contributed by atoms with van der Waals surface area (Å²) in [4.78, 5) is 25.5. The van der Waals surface area contributed by atoms with E-state index in [2.05, 4.69) is 5.43 Å². The third-order valence-electron chi connectivity index (χ3n) is 3.29. The maximum atomic E-state index is 12.3. The second kappa shape index (κ2) is 6.04. The molecule has 102 valence electrons. The third-order valence-corrected chi connectivity index (χ3v) is 3.53. The number of hydrogen-bond acceptors (Lipinski definition) is 3. The molecular formula is C13H16ClN3O2. The van der Waals surface area contributed by atoms with E-state index in [4.69, 9.17) is 17.4 Å². The van der Waals surface area contributed by atoms with E-state index in [9.17, 15) is 9.59 Å². The molecule has 1 aliphatic heterocycles. The van der Waals surface area contributed by atoms with Gasteiger partial charge < -0.3 is 4.90 Å². The summed E-state index contributed by atoms with van der Waals surface area (Å²) in [6.07, 6.45) is 1.55. The van der Waals surface area contributed by atoms with Crippen molar-refractivity contribution in [2.45, 2.75) is 12.8 Å². The molecule has 1 heterocycles. The lowest BCUT2D eigenvalue weighted by molar-refractivity contribution is -0.126. The van der Waals surface area contributed by atoms with Gasteiger partial charge in [0, 0.05) is 23.7 Å². The van der Waals surface area contributed by atoms with Crippen molar-refractivity contribution in [2.75, 3.05) is 13.1 Å². The maximum absolute atomic E-state index is 12.3. The van der Waals surface area contributed by atoms with Crippen LogP contribution in [-0.2, 0) is 4.79 Å².